The quantitative estimate of drug-likeness (QED) is 0.760. The van der Waals surface area contributed by atoms with Gasteiger partial charge in [-0.05, 0) is 24.3 Å². The summed E-state index contributed by atoms with van der Waals surface area (Å²) in [5, 5.41) is 2.27. The minimum absolute atomic E-state index is 0.0608. The SMILES string of the molecule is Nc1c(C(=O)Nc2ccc(F)cc2F)oc2cccnc12. The smallest absolute Gasteiger partial charge is 0.293 e. The van der Waals surface area contributed by atoms with Gasteiger partial charge in [0.05, 0.1) is 5.69 Å². The van der Waals surface area contributed by atoms with E-state index in [1.807, 2.05) is 0 Å². The summed E-state index contributed by atoms with van der Waals surface area (Å²) in [5.41, 5.74) is 6.37. The highest BCUT2D eigenvalue weighted by Gasteiger charge is 2.20. The molecule has 2 aromatic heterocycles. The Balaban J connectivity index is 1.95. The number of benzene rings is 1. The second-order valence-electron chi connectivity index (χ2n) is 4.27. The molecule has 1 amide bonds. The van der Waals surface area contributed by atoms with E-state index >= 15 is 0 Å². The van der Waals surface area contributed by atoms with Gasteiger partial charge in [-0.25, -0.2) is 8.78 Å². The molecule has 3 N–H and O–H groups in total. The highest BCUT2D eigenvalue weighted by Crippen LogP contribution is 2.27. The summed E-state index contributed by atoms with van der Waals surface area (Å²) >= 11 is 0. The van der Waals surface area contributed by atoms with Crippen molar-refractivity contribution in [2.75, 3.05) is 11.1 Å². The Morgan fingerprint density at radius 3 is 2.81 bits per heavy atom. The van der Waals surface area contributed by atoms with Gasteiger partial charge >= 0.3 is 0 Å². The van der Waals surface area contributed by atoms with Crippen molar-refractivity contribution in [1.29, 1.82) is 0 Å². The van der Waals surface area contributed by atoms with Gasteiger partial charge in [0.25, 0.3) is 5.91 Å². The van der Waals surface area contributed by atoms with Gasteiger partial charge in [0.2, 0.25) is 5.76 Å². The van der Waals surface area contributed by atoms with Crippen LogP contribution in [0.3, 0.4) is 0 Å². The molecule has 0 aliphatic carbocycles. The zero-order chi connectivity index (χ0) is 15.0. The van der Waals surface area contributed by atoms with Crippen LogP contribution in [0.15, 0.2) is 40.9 Å². The number of hydrogen-bond acceptors (Lipinski definition) is 4. The number of nitrogens with two attached hydrogens (primary N) is 1. The average molecular weight is 289 g/mol. The monoisotopic (exact) mass is 289 g/mol. The number of halogens is 2. The molecular weight excluding hydrogens is 280 g/mol. The third kappa shape index (κ3) is 2.29. The van der Waals surface area contributed by atoms with E-state index in [1.54, 1.807) is 12.1 Å². The van der Waals surface area contributed by atoms with Crippen LogP contribution in [0.4, 0.5) is 20.2 Å². The first kappa shape index (κ1) is 13.0. The topological polar surface area (TPSA) is 81.2 Å². The number of carbonyl (C=O) groups excluding carboxylic acids is 1. The summed E-state index contributed by atoms with van der Waals surface area (Å²) in [6, 6.07) is 6.04. The van der Waals surface area contributed by atoms with E-state index in [4.69, 9.17) is 10.2 Å². The number of carbonyl (C=O) groups is 1. The highest BCUT2D eigenvalue weighted by atomic mass is 19.1. The van der Waals surface area contributed by atoms with Crippen LogP contribution in [0.5, 0.6) is 0 Å². The molecule has 3 aromatic rings. The van der Waals surface area contributed by atoms with Crippen molar-refractivity contribution in [3.8, 4) is 0 Å². The van der Waals surface area contributed by atoms with Gasteiger partial charge in [-0.2, -0.15) is 0 Å². The van der Waals surface area contributed by atoms with Gasteiger partial charge in [0, 0.05) is 12.3 Å². The van der Waals surface area contributed by atoms with Gasteiger partial charge in [0.15, 0.2) is 5.58 Å². The number of aromatic nitrogens is 1. The van der Waals surface area contributed by atoms with Crippen LogP contribution >= 0.6 is 0 Å². The predicted molar refractivity (Wildman–Crippen MR) is 72.7 cm³/mol. The molecule has 106 valence electrons. The third-order valence-corrected chi connectivity index (χ3v) is 2.87. The first-order valence-corrected chi connectivity index (χ1v) is 5.95. The number of nitrogen functional groups attached to an aromatic ring is 1. The zero-order valence-corrected chi connectivity index (χ0v) is 10.6. The summed E-state index contributed by atoms with van der Waals surface area (Å²) < 4.78 is 31.6. The lowest BCUT2D eigenvalue weighted by atomic mass is 10.2. The Kier molecular flexibility index (Phi) is 3.02. The lowest BCUT2D eigenvalue weighted by Gasteiger charge is -2.04. The van der Waals surface area contributed by atoms with Gasteiger partial charge < -0.3 is 15.5 Å². The Morgan fingerprint density at radius 2 is 2.10 bits per heavy atom. The van der Waals surface area contributed by atoms with Crippen LogP contribution in [-0.2, 0) is 0 Å². The van der Waals surface area contributed by atoms with E-state index in [0.29, 0.717) is 17.2 Å². The summed E-state index contributed by atoms with van der Waals surface area (Å²) in [5.74, 6) is -2.54. The van der Waals surface area contributed by atoms with Crippen LogP contribution in [0.1, 0.15) is 10.6 Å². The van der Waals surface area contributed by atoms with Crippen molar-refractivity contribution in [2.45, 2.75) is 0 Å². The lowest BCUT2D eigenvalue weighted by Crippen LogP contribution is -2.13. The molecule has 0 fully saturated rings. The van der Waals surface area contributed by atoms with Crippen molar-refractivity contribution in [3.63, 3.8) is 0 Å². The first-order chi connectivity index (χ1) is 10.1. The zero-order valence-electron chi connectivity index (χ0n) is 10.6. The van der Waals surface area contributed by atoms with E-state index < -0.39 is 17.5 Å². The van der Waals surface area contributed by atoms with E-state index in [-0.39, 0.29) is 17.1 Å². The largest absolute Gasteiger partial charge is 0.447 e. The van der Waals surface area contributed by atoms with Gasteiger partial charge in [0.1, 0.15) is 22.8 Å². The molecule has 0 saturated heterocycles. The summed E-state index contributed by atoms with van der Waals surface area (Å²) in [6.45, 7) is 0. The predicted octanol–water partition coefficient (Wildman–Crippen LogP) is 2.94. The van der Waals surface area contributed by atoms with Crippen LogP contribution in [0.2, 0.25) is 0 Å². The minimum Gasteiger partial charge on any atom is -0.447 e. The fourth-order valence-electron chi connectivity index (χ4n) is 1.89. The maximum atomic E-state index is 13.5. The van der Waals surface area contributed by atoms with Crippen molar-refractivity contribution < 1.29 is 18.0 Å². The maximum absolute atomic E-state index is 13.5. The van der Waals surface area contributed by atoms with Gasteiger partial charge in [-0.15, -0.1) is 0 Å². The number of fused-ring (bicyclic) bond motifs is 1. The molecule has 0 atom stereocenters. The summed E-state index contributed by atoms with van der Waals surface area (Å²) in [4.78, 5) is 16.1. The summed E-state index contributed by atoms with van der Waals surface area (Å²) in [6.07, 6.45) is 1.51. The van der Waals surface area contributed by atoms with Crippen molar-refractivity contribution in [1.82, 2.24) is 4.98 Å². The molecular formula is C14H9F2N3O2. The molecule has 2 heterocycles. The average Bonchev–Trinajstić information content (AvgIpc) is 2.80. The second kappa shape index (κ2) is 4.86. The Bertz CT molecular complexity index is 845. The van der Waals surface area contributed by atoms with E-state index in [0.717, 1.165) is 12.1 Å². The number of amides is 1. The number of furan rings is 1. The van der Waals surface area contributed by atoms with Crippen LogP contribution in [-0.4, -0.2) is 10.9 Å². The molecule has 0 bridgehead atoms. The Hall–Kier alpha value is -2.96. The molecule has 0 saturated carbocycles. The molecule has 0 aliphatic rings. The van der Waals surface area contributed by atoms with E-state index in [2.05, 4.69) is 10.3 Å². The number of nitrogens with zero attached hydrogens (tertiary/aromatic N) is 1. The van der Waals surface area contributed by atoms with Crippen molar-refractivity contribution in [3.05, 3.63) is 53.9 Å². The number of rotatable bonds is 2. The van der Waals surface area contributed by atoms with Crippen molar-refractivity contribution in [2.24, 2.45) is 0 Å². The number of anilines is 2. The Morgan fingerprint density at radius 1 is 1.29 bits per heavy atom. The molecule has 3 rings (SSSR count). The lowest BCUT2D eigenvalue weighted by molar-refractivity contribution is 0.0999. The van der Waals surface area contributed by atoms with E-state index in [1.165, 1.54) is 6.20 Å². The number of pyridine rings is 1. The molecule has 21 heavy (non-hydrogen) atoms. The Labute approximate surface area is 117 Å². The normalized spacial score (nSPS) is 10.8. The fourth-order valence-corrected chi connectivity index (χ4v) is 1.89. The minimum atomic E-state index is -0.892. The second-order valence-corrected chi connectivity index (χ2v) is 4.27. The third-order valence-electron chi connectivity index (χ3n) is 2.87. The van der Waals surface area contributed by atoms with Gasteiger partial charge in [-0.1, -0.05) is 0 Å². The molecule has 5 nitrogen and oxygen atoms in total. The standard InChI is InChI=1S/C14H9F2N3O2/c15-7-3-4-9(8(16)6-7)19-14(20)13-11(17)12-10(21-13)2-1-5-18-12/h1-6H,17H2,(H,19,20). The molecule has 0 aliphatic heterocycles. The van der Waals surface area contributed by atoms with E-state index in [9.17, 15) is 13.6 Å². The number of nitrogens with one attached hydrogen (secondary N) is 1. The first-order valence-electron chi connectivity index (χ1n) is 5.95. The molecule has 1 aromatic carbocycles. The van der Waals surface area contributed by atoms with Gasteiger partial charge in [-0.3, -0.25) is 9.78 Å². The summed E-state index contributed by atoms with van der Waals surface area (Å²) in [7, 11) is 0. The molecule has 7 heteroatoms. The molecule has 0 unspecified atom stereocenters. The maximum Gasteiger partial charge on any atom is 0.293 e. The fraction of sp³-hybridized carbons (Fsp3) is 0. The van der Waals surface area contributed by atoms with Crippen molar-refractivity contribution >= 4 is 28.4 Å². The highest BCUT2D eigenvalue weighted by molar-refractivity contribution is 6.10. The van der Waals surface area contributed by atoms with Crippen LogP contribution < -0.4 is 11.1 Å². The number of hydrogen-bond donors (Lipinski definition) is 2. The van der Waals surface area contributed by atoms with Crippen LogP contribution in [0.25, 0.3) is 11.1 Å². The van der Waals surface area contributed by atoms with Crippen LogP contribution in [0, 0.1) is 11.6 Å². The molecule has 0 spiro atoms. The molecule has 0 radical (unpaired) electrons.